The van der Waals surface area contributed by atoms with Gasteiger partial charge in [-0.2, -0.15) is 0 Å². The van der Waals surface area contributed by atoms with Gasteiger partial charge in [-0.15, -0.1) is 10.2 Å². The molecule has 1 fully saturated rings. The van der Waals surface area contributed by atoms with Crippen LogP contribution in [0.2, 0.25) is 0 Å². The molecule has 6 heteroatoms. The first-order chi connectivity index (χ1) is 15.2. The van der Waals surface area contributed by atoms with E-state index in [2.05, 4.69) is 46.0 Å². The number of aromatic nitrogens is 2. The van der Waals surface area contributed by atoms with Crippen LogP contribution in [0, 0.1) is 0 Å². The molecule has 2 heterocycles. The second kappa shape index (κ2) is 9.60. The van der Waals surface area contributed by atoms with Gasteiger partial charge in [0.1, 0.15) is 0 Å². The van der Waals surface area contributed by atoms with E-state index in [0.717, 1.165) is 54.5 Å². The van der Waals surface area contributed by atoms with Crippen molar-refractivity contribution in [3.63, 3.8) is 0 Å². The maximum Gasteiger partial charge on any atom is 0.253 e. The van der Waals surface area contributed by atoms with E-state index in [-0.39, 0.29) is 5.91 Å². The molecule has 0 spiro atoms. The SMILES string of the molecule is CCN(CC)c1ccc(N2CCN(C(=O)c3ccc(-c4ccccc4)cc3)CC2)nn1. The molecule has 0 radical (unpaired) electrons. The zero-order valence-electron chi connectivity index (χ0n) is 18.2. The summed E-state index contributed by atoms with van der Waals surface area (Å²) in [7, 11) is 0. The molecular weight excluding hydrogens is 386 g/mol. The molecule has 0 unspecified atom stereocenters. The van der Waals surface area contributed by atoms with Gasteiger partial charge in [0, 0.05) is 44.8 Å². The van der Waals surface area contributed by atoms with E-state index >= 15 is 0 Å². The monoisotopic (exact) mass is 415 g/mol. The summed E-state index contributed by atoms with van der Waals surface area (Å²) in [6.07, 6.45) is 0. The van der Waals surface area contributed by atoms with Gasteiger partial charge >= 0.3 is 0 Å². The number of hydrogen-bond donors (Lipinski definition) is 0. The van der Waals surface area contributed by atoms with Gasteiger partial charge < -0.3 is 14.7 Å². The van der Waals surface area contributed by atoms with Gasteiger partial charge in [-0.25, -0.2) is 0 Å². The summed E-state index contributed by atoms with van der Waals surface area (Å²) in [5.41, 5.74) is 3.01. The van der Waals surface area contributed by atoms with Crippen molar-refractivity contribution < 1.29 is 4.79 Å². The number of piperazine rings is 1. The number of hydrogen-bond acceptors (Lipinski definition) is 5. The topological polar surface area (TPSA) is 52.6 Å². The average molecular weight is 416 g/mol. The van der Waals surface area contributed by atoms with Crippen LogP contribution in [0.4, 0.5) is 11.6 Å². The van der Waals surface area contributed by atoms with Crippen molar-refractivity contribution in [2.24, 2.45) is 0 Å². The fourth-order valence-corrected chi connectivity index (χ4v) is 3.96. The number of rotatable bonds is 6. The number of anilines is 2. The van der Waals surface area contributed by atoms with Crippen LogP contribution in [0.3, 0.4) is 0 Å². The lowest BCUT2D eigenvalue weighted by atomic mass is 10.0. The van der Waals surface area contributed by atoms with Crippen LogP contribution in [0.15, 0.2) is 66.7 Å². The fraction of sp³-hybridized carbons (Fsp3) is 0.320. The Bertz CT molecular complexity index is 977. The number of nitrogens with zero attached hydrogens (tertiary/aromatic N) is 5. The first kappa shape index (κ1) is 20.8. The van der Waals surface area contributed by atoms with E-state index in [1.165, 1.54) is 0 Å². The summed E-state index contributed by atoms with van der Waals surface area (Å²) in [4.78, 5) is 19.2. The molecule has 4 rings (SSSR count). The first-order valence-electron chi connectivity index (χ1n) is 11.0. The lowest BCUT2D eigenvalue weighted by Gasteiger charge is -2.35. The van der Waals surface area contributed by atoms with Gasteiger partial charge in [-0.1, -0.05) is 42.5 Å². The molecule has 160 valence electrons. The minimum atomic E-state index is 0.0854. The van der Waals surface area contributed by atoms with Gasteiger partial charge in [0.15, 0.2) is 11.6 Å². The highest BCUT2D eigenvalue weighted by atomic mass is 16.2. The number of amides is 1. The third-order valence-corrected chi connectivity index (χ3v) is 5.85. The highest BCUT2D eigenvalue weighted by molar-refractivity contribution is 5.95. The molecule has 3 aromatic rings. The molecule has 2 aromatic carbocycles. The summed E-state index contributed by atoms with van der Waals surface area (Å²) in [5, 5.41) is 8.80. The molecule has 0 bridgehead atoms. The Balaban J connectivity index is 1.35. The summed E-state index contributed by atoms with van der Waals surface area (Å²) in [6.45, 7) is 8.93. The van der Waals surface area contributed by atoms with E-state index < -0.39 is 0 Å². The van der Waals surface area contributed by atoms with E-state index in [0.29, 0.717) is 13.1 Å². The lowest BCUT2D eigenvalue weighted by Crippen LogP contribution is -2.49. The van der Waals surface area contributed by atoms with Crippen molar-refractivity contribution in [1.82, 2.24) is 15.1 Å². The smallest absolute Gasteiger partial charge is 0.253 e. The normalized spacial score (nSPS) is 13.9. The maximum atomic E-state index is 13.0. The molecule has 1 aliphatic rings. The molecule has 1 aliphatic heterocycles. The van der Waals surface area contributed by atoms with Crippen LogP contribution >= 0.6 is 0 Å². The largest absolute Gasteiger partial charge is 0.356 e. The highest BCUT2D eigenvalue weighted by Crippen LogP contribution is 2.21. The molecular formula is C25H29N5O. The van der Waals surface area contributed by atoms with Crippen LogP contribution in [-0.4, -0.2) is 60.3 Å². The van der Waals surface area contributed by atoms with Crippen molar-refractivity contribution in [1.29, 1.82) is 0 Å². The predicted octanol–water partition coefficient (Wildman–Crippen LogP) is 3.95. The number of benzene rings is 2. The summed E-state index contributed by atoms with van der Waals surface area (Å²) in [6, 6.07) is 22.2. The van der Waals surface area contributed by atoms with Gasteiger partial charge in [0.2, 0.25) is 0 Å². The second-order valence-electron chi connectivity index (χ2n) is 7.64. The van der Waals surface area contributed by atoms with Crippen molar-refractivity contribution in [2.75, 3.05) is 49.1 Å². The van der Waals surface area contributed by atoms with Gasteiger partial charge in [-0.3, -0.25) is 4.79 Å². The van der Waals surface area contributed by atoms with Crippen molar-refractivity contribution in [2.45, 2.75) is 13.8 Å². The third kappa shape index (κ3) is 4.68. The van der Waals surface area contributed by atoms with Gasteiger partial charge in [-0.05, 0) is 49.2 Å². The molecule has 0 atom stereocenters. The molecule has 0 aliphatic carbocycles. The highest BCUT2D eigenvalue weighted by Gasteiger charge is 2.23. The van der Waals surface area contributed by atoms with Crippen LogP contribution in [0.5, 0.6) is 0 Å². The van der Waals surface area contributed by atoms with Crippen molar-refractivity contribution >= 4 is 17.5 Å². The average Bonchev–Trinajstić information content (AvgIpc) is 2.85. The van der Waals surface area contributed by atoms with E-state index in [9.17, 15) is 4.79 Å². The zero-order valence-corrected chi connectivity index (χ0v) is 18.2. The molecule has 6 nitrogen and oxygen atoms in total. The van der Waals surface area contributed by atoms with Gasteiger partial charge in [0.05, 0.1) is 0 Å². The van der Waals surface area contributed by atoms with Gasteiger partial charge in [0.25, 0.3) is 5.91 Å². The lowest BCUT2D eigenvalue weighted by molar-refractivity contribution is 0.0746. The Morgan fingerprint density at radius 2 is 1.45 bits per heavy atom. The van der Waals surface area contributed by atoms with E-state index in [1.807, 2.05) is 59.5 Å². The Hall–Kier alpha value is -3.41. The summed E-state index contributed by atoms with van der Waals surface area (Å²) < 4.78 is 0. The Kier molecular flexibility index (Phi) is 6.46. The molecule has 1 aromatic heterocycles. The Morgan fingerprint density at radius 1 is 0.806 bits per heavy atom. The molecule has 31 heavy (non-hydrogen) atoms. The van der Waals surface area contributed by atoms with E-state index in [1.54, 1.807) is 0 Å². The Labute approximate surface area is 184 Å². The van der Waals surface area contributed by atoms with Crippen LogP contribution in [-0.2, 0) is 0 Å². The Morgan fingerprint density at radius 3 is 2.03 bits per heavy atom. The minimum absolute atomic E-state index is 0.0854. The fourth-order valence-electron chi connectivity index (χ4n) is 3.96. The standard InChI is InChI=1S/C25H29N5O/c1-3-28(4-2)23-14-15-24(27-26-23)29-16-18-30(19-17-29)25(31)22-12-10-21(11-13-22)20-8-6-5-7-9-20/h5-15H,3-4,16-19H2,1-2H3. The zero-order chi connectivity index (χ0) is 21.6. The second-order valence-corrected chi connectivity index (χ2v) is 7.64. The summed E-state index contributed by atoms with van der Waals surface area (Å²) in [5.74, 6) is 1.86. The molecule has 0 N–H and O–H groups in total. The van der Waals surface area contributed by atoms with Crippen LogP contribution in [0.1, 0.15) is 24.2 Å². The van der Waals surface area contributed by atoms with Crippen LogP contribution < -0.4 is 9.80 Å². The maximum absolute atomic E-state index is 13.0. The predicted molar refractivity (Wildman–Crippen MR) is 126 cm³/mol. The van der Waals surface area contributed by atoms with E-state index in [4.69, 9.17) is 0 Å². The molecule has 1 saturated heterocycles. The molecule has 0 saturated carbocycles. The summed E-state index contributed by atoms with van der Waals surface area (Å²) >= 11 is 0. The first-order valence-corrected chi connectivity index (χ1v) is 11.0. The van der Waals surface area contributed by atoms with Crippen LogP contribution in [0.25, 0.3) is 11.1 Å². The van der Waals surface area contributed by atoms with Crippen molar-refractivity contribution in [3.8, 4) is 11.1 Å². The number of carbonyl (C=O) groups is 1. The third-order valence-electron chi connectivity index (χ3n) is 5.85. The molecule has 1 amide bonds. The quantitative estimate of drug-likeness (QED) is 0.610. The minimum Gasteiger partial charge on any atom is -0.356 e. The van der Waals surface area contributed by atoms with Crippen molar-refractivity contribution in [3.05, 3.63) is 72.3 Å². The number of carbonyl (C=O) groups excluding carboxylic acids is 1.